The summed E-state index contributed by atoms with van der Waals surface area (Å²) in [5.41, 5.74) is 6.88. The van der Waals surface area contributed by atoms with Crippen molar-refractivity contribution in [3.63, 3.8) is 0 Å². The van der Waals surface area contributed by atoms with Gasteiger partial charge in [-0.25, -0.2) is 9.38 Å². The lowest BCUT2D eigenvalue weighted by atomic mass is 9.96. The second kappa shape index (κ2) is 11.1. The SMILES string of the molecule is C=C1C(c2ccc(C)s2)=C(C)N=C(c2cccc(F)c2CCc2ccccc2)N1CCc1ccccc1. The molecule has 5 rings (SSSR count). The largest absolute Gasteiger partial charge is 0.325 e. The molecular formula is C33H31FN2S. The molecule has 2 nitrogen and oxygen atoms in total. The Morgan fingerprint density at radius 3 is 2.11 bits per heavy atom. The van der Waals surface area contributed by atoms with Crippen LogP contribution < -0.4 is 0 Å². The van der Waals surface area contributed by atoms with Crippen LogP contribution in [-0.4, -0.2) is 17.3 Å². The third kappa shape index (κ3) is 5.50. The Morgan fingerprint density at radius 1 is 0.784 bits per heavy atom. The molecule has 4 aromatic rings. The number of aryl methyl sites for hydroxylation is 2. The molecule has 0 N–H and O–H groups in total. The molecule has 3 aromatic carbocycles. The summed E-state index contributed by atoms with van der Waals surface area (Å²) < 4.78 is 15.3. The summed E-state index contributed by atoms with van der Waals surface area (Å²) in [6, 6.07) is 30.3. The van der Waals surface area contributed by atoms with E-state index in [1.165, 1.54) is 16.0 Å². The quantitative estimate of drug-likeness (QED) is 0.235. The topological polar surface area (TPSA) is 15.6 Å². The summed E-state index contributed by atoms with van der Waals surface area (Å²) in [4.78, 5) is 9.72. The lowest BCUT2D eigenvalue weighted by Gasteiger charge is -2.34. The summed E-state index contributed by atoms with van der Waals surface area (Å²) in [5.74, 6) is 0.587. The van der Waals surface area contributed by atoms with Crippen LogP contribution >= 0.6 is 11.3 Å². The van der Waals surface area contributed by atoms with Gasteiger partial charge in [0, 0.05) is 33.1 Å². The van der Waals surface area contributed by atoms with Gasteiger partial charge in [-0.05, 0) is 68.0 Å². The van der Waals surface area contributed by atoms with Crippen molar-refractivity contribution in [3.05, 3.63) is 147 Å². The van der Waals surface area contributed by atoms with Crippen LogP contribution in [0.5, 0.6) is 0 Å². The number of hydrogen-bond acceptors (Lipinski definition) is 3. The molecule has 0 bridgehead atoms. The lowest BCUT2D eigenvalue weighted by molar-refractivity contribution is 0.528. The third-order valence-electron chi connectivity index (χ3n) is 6.83. The number of aliphatic imine (C=N–C) groups is 1. The van der Waals surface area contributed by atoms with E-state index in [0.717, 1.165) is 46.1 Å². The van der Waals surface area contributed by atoms with E-state index in [1.54, 1.807) is 23.5 Å². The molecule has 1 aliphatic rings. The van der Waals surface area contributed by atoms with E-state index in [2.05, 4.69) is 66.9 Å². The van der Waals surface area contributed by atoms with Gasteiger partial charge in [-0.15, -0.1) is 11.3 Å². The molecule has 186 valence electrons. The van der Waals surface area contributed by atoms with Crippen molar-refractivity contribution in [1.29, 1.82) is 0 Å². The molecule has 0 amide bonds. The van der Waals surface area contributed by atoms with Crippen LogP contribution in [-0.2, 0) is 19.3 Å². The standard InChI is InChI=1S/C33H31FN2S/c1-23-17-20-31(37-23)32-24(2)35-33(36(25(32)3)22-21-27-13-8-5-9-14-27)29-15-10-16-30(34)28(29)19-18-26-11-6-4-7-12-26/h4-17,20H,3,18-19,21-22H2,1-2H3. The van der Waals surface area contributed by atoms with Crippen molar-refractivity contribution in [2.45, 2.75) is 33.1 Å². The van der Waals surface area contributed by atoms with Gasteiger partial charge in [-0.1, -0.05) is 79.4 Å². The van der Waals surface area contributed by atoms with Crippen LogP contribution in [0.2, 0.25) is 0 Å². The lowest BCUT2D eigenvalue weighted by Crippen LogP contribution is -2.36. The fourth-order valence-electron chi connectivity index (χ4n) is 4.90. The van der Waals surface area contributed by atoms with Gasteiger partial charge in [0.15, 0.2) is 0 Å². The van der Waals surface area contributed by atoms with Gasteiger partial charge in [0.05, 0.1) is 5.70 Å². The fourth-order valence-corrected chi connectivity index (χ4v) is 5.89. The van der Waals surface area contributed by atoms with E-state index in [9.17, 15) is 0 Å². The van der Waals surface area contributed by atoms with Crippen LogP contribution in [0.1, 0.15) is 38.9 Å². The molecule has 0 aliphatic carbocycles. The number of thiophene rings is 1. The van der Waals surface area contributed by atoms with Crippen LogP contribution in [0.4, 0.5) is 4.39 Å². The van der Waals surface area contributed by atoms with Crippen LogP contribution in [0, 0.1) is 12.7 Å². The van der Waals surface area contributed by atoms with Crippen molar-refractivity contribution in [3.8, 4) is 0 Å². The molecule has 0 spiro atoms. The zero-order valence-corrected chi connectivity index (χ0v) is 22.2. The number of halogens is 1. The summed E-state index contributed by atoms with van der Waals surface area (Å²) in [6.45, 7) is 9.40. The maximum Gasteiger partial charge on any atom is 0.140 e. The van der Waals surface area contributed by atoms with Crippen molar-refractivity contribution in [1.82, 2.24) is 4.90 Å². The van der Waals surface area contributed by atoms with Gasteiger partial charge in [0.25, 0.3) is 0 Å². The Bertz CT molecular complexity index is 1460. The maximum absolute atomic E-state index is 15.3. The van der Waals surface area contributed by atoms with Crippen molar-refractivity contribution in [2.24, 2.45) is 4.99 Å². The van der Waals surface area contributed by atoms with Crippen LogP contribution in [0.25, 0.3) is 5.57 Å². The van der Waals surface area contributed by atoms with E-state index < -0.39 is 0 Å². The first-order chi connectivity index (χ1) is 18.0. The number of allylic oxidation sites excluding steroid dienone is 2. The molecular weight excluding hydrogens is 475 g/mol. The fraction of sp³-hybridized carbons (Fsp3) is 0.182. The van der Waals surface area contributed by atoms with Gasteiger partial charge in [0.2, 0.25) is 0 Å². The summed E-state index contributed by atoms with van der Waals surface area (Å²) in [7, 11) is 0. The monoisotopic (exact) mass is 506 g/mol. The second-order valence-corrected chi connectivity index (χ2v) is 10.7. The minimum atomic E-state index is -0.189. The number of amidine groups is 1. The molecule has 2 heterocycles. The molecule has 0 saturated carbocycles. The normalized spacial score (nSPS) is 13.8. The Hall–Kier alpha value is -3.76. The number of rotatable bonds is 8. The van der Waals surface area contributed by atoms with E-state index in [1.807, 2.05) is 37.3 Å². The Balaban J connectivity index is 1.56. The van der Waals surface area contributed by atoms with Gasteiger partial charge in [-0.2, -0.15) is 0 Å². The summed E-state index contributed by atoms with van der Waals surface area (Å²) >= 11 is 1.75. The van der Waals surface area contributed by atoms with Gasteiger partial charge in [0.1, 0.15) is 11.7 Å². The maximum atomic E-state index is 15.3. The number of nitrogens with zero attached hydrogens (tertiary/aromatic N) is 2. The molecule has 1 aromatic heterocycles. The smallest absolute Gasteiger partial charge is 0.140 e. The first kappa shape index (κ1) is 24.9. The predicted molar refractivity (Wildman–Crippen MR) is 154 cm³/mol. The minimum Gasteiger partial charge on any atom is -0.325 e. The average Bonchev–Trinajstić information content (AvgIpc) is 3.33. The number of benzene rings is 3. The van der Waals surface area contributed by atoms with E-state index in [-0.39, 0.29) is 5.82 Å². The van der Waals surface area contributed by atoms with E-state index in [0.29, 0.717) is 18.5 Å². The third-order valence-corrected chi connectivity index (χ3v) is 7.84. The first-order valence-electron chi connectivity index (χ1n) is 12.7. The molecule has 1 aliphatic heterocycles. The highest BCUT2D eigenvalue weighted by Gasteiger charge is 2.28. The molecule has 0 atom stereocenters. The first-order valence-corrected chi connectivity index (χ1v) is 13.5. The molecule has 0 unspecified atom stereocenters. The van der Waals surface area contributed by atoms with Gasteiger partial charge in [-0.3, -0.25) is 0 Å². The minimum absolute atomic E-state index is 0.189. The van der Waals surface area contributed by atoms with Crippen LogP contribution in [0.15, 0.2) is 114 Å². The molecule has 37 heavy (non-hydrogen) atoms. The molecule has 0 radical (unpaired) electrons. The molecule has 0 saturated heterocycles. The predicted octanol–water partition coefficient (Wildman–Crippen LogP) is 8.23. The molecule has 0 fully saturated rings. The van der Waals surface area contributed by atoms with Gasteiger partial charge < -0.3 is 4.90 Å². The second-order valence-electron chi connectivity index (χ2n) is 9.39. The zero-order valence-electron chi connectivity index (χ0n) is 21.4. The summed E-state index contributed by atoms with van der Waals surface area (Å²) in [6.07, 6.45) is 2.20. The van der Waals surface area contributed by atoms with Crippen LogP contribution in [0.3, 0.4) is 0 Å². The zero-order chi connectivity index (χ0) is 25.8. The Kier molecular flexibility index (Phi) is 7.47. The highest BCUT2D eigenvalue weighted by molar-refractivity contribution is 7.13. The Labute approximate surface area is 223 Å². The highest BCUT2D eigenvalue weighted by Crippen LogP contribution is 2.38. The average molecular weight is 507 g/mol. The Morgan fingerprint density at radius 2 is 1.46 bits per heavy atom. The molecule has 4 heteroatoms. The summed E-state index contributed by atoms with van der Waals surface area (Å²) in [5, 5.41) is 0. The number of hydrogen-bond donors (Lipinski definition) is 0. The van der Waals surface area contributed by atoms with Crippen molar-refractivity contribution in [2.75, 3.05) is 6.54 Å². The van der Waals surface area contributed by atoms with E-state index >= 15 is 4.39 Å². The van der Waals surface area contributed by atoms with Crippen molar-refractivity contribution >= 4 is 22.7 Å². The van der Waals surface area contributed by atoms with Crippen molar-refractivity contribution < 1.29 is 4.39 Å². The van der Waals surface area contributed by atoms with Gasteiger partial charge >= 0.3 is 0 Å². The van der Waals surface area contributed by atoms with E-state index in [4.69, 9.17) is 4.99 Å². The highest BCUT2D eigenvalue weighted by atomic mass is 32.1.